The summed E-state index contributed by atoms with van der Waals surface area (Å²) in [4.78, 5) is 26.4. The van der Waals surface area contributed by atoms with Crippen LogP contribution in [0.2, 0.25) is 0 Å². The van der Waals surface area contributed by atoms with E-state index in [0.29, 0.717) is 26.1 Å². The van der Waals surface area contributed by atoms with E-state index in [9.17, 15) is 9.59 Å². The van der Waals surface area contributed by atoms with E-state index in [1.165, 1.54) is 5.56 Å². The third-order valence-corrected chi connectivity index (χ3v) is 4.76. The minimum Gasteiger partial charge on any atom is -0.355 e. The Morgan fingerprint density at radius 3 is 2.81 bits per heavy atom. The highest BCUT2D eigenvalue weighted by Gasteiger charge is 2.34. The molecule has 0 aliphatic carbocycles. The molecule has 7 heteroatoms. The van der Waals surface area contributed by atoms with Crippen molar-refractivity contribution in [3.63, 3.8) is 0 Å². The fraction of sp³-hybridized carbons (Fsp3) is 0.474. The molecule has 1 atom stereocenters. The maximum absolute atomic E-state index is 12.4. The summed E-state index contributed by atoms with van der Waals surface area (Å²) in [6.07, 6.45) is 2.60. The number of hydrogen-bond donors (Lipinski definition) is 1. The number of aryl methyl sites for hydroxylation is 2. The van der Waals surface area contributed by atoms with Gasteiger partial charge in [0.2, 0.25) is 11.8 Å². The molecule has 2 heterocycles. The fourth-order valence-corrected chi connectivity index (χ4v) is 3.19. The highest BCUT2D eigenvalue weighted by molar-refractivity contribution is 5.89. The number of carbonyl (C=O) groups is 2. The van der Waals surface area contributed by atoms with Crippen molar-refractivity contribution in [1.82, 2.24) is 25.0 Å². The SMILES string of the molecule is CCn1cnnc1CCNC(=O)[C@H]1CC(=O)N(Cc2ccc(C)cc2)C1. The summed E-state index contributed by atoms with van der Waals surface area (Å²) >= 11 is 0. The molecule has 0 bridgehead atoms. The second-order valence-corrected chi connectivity index (χ2v) is 6.74. The Hall–Kier alpha value is -2.70. The summed E-state index contributed by atoms with van der Waals surface area (Å²) < 4.78 is 1.95. The Labute approximate surface area is 153 Å². The summed E-state index contributed by atoms with van der Waals surface area (Å²) in [7, 11) is 0. The Balaban J connectivity index is 1.48. The van der Waals surface area contributed by atoms with Crippen LogP contribution >= 0.6 is 0 Å². The second kappa shape index (κ2) is 8.12. The Bertz CT molecular complexity index is 768. The van der Waals surface area contributed by atoms with Gasteiger partial charge in [0.25, 0.3) is 0 Å². The number of nitrogens with one attached hydrogen (secondary N) is 1. The average Bonchev–Trinajstić information content (AvgIpc) is 3.23. The molecule has 1 aliphatic heterocycles. The molecule has 0 unspecified atom stereocenters. The molecule has 1 aliphatic rings. The zero-order chi connectivity index (χ0) is 18.5. The normalized spacial score (nSPS) is 16.9. The van der Waals surface area contributed by atoms with Crippen LogP contribution in [0.25, 0.3) is 0 Å². The van der Waals surface area contributed by atoms with Gasteiger partial charge in [0.05, 0.1) is 5.92 Å². The number of rotatable bonds is 7. The zero-order valence-electron chi connectivity index (χ0n) is 15.3. The lowest BCUT2D eigenvalue weighted by molar-refractivity contribution is -0.129. The van der Waals surface area contributed by atoms with Gasteiger partial charge in [-0.3, -0.25) is 9.59 Å². The van der Waals surface area contributed by atoms with E-state index in [-0.39, 0.29) is 24.2 Å². The van der Waals surface area contributed by atoms with Crippen molar-refractivity contribution in [2.75, 3.05) is 13.1 Å². The molecular formula is C19H25N5O2. The average molecular weight is 355 g/mol. The third kappa shape index (κ3) is 4.28. The van der Waals surface area contributed by atoms with Crippen LogP contribution in [0.15, 0.2) is 30.6 Å². The minimum atomic E-state index is -0.281. The van der Waals surface area contributed by atoms with Gasteiger partial charge in [-0.1, -0.05) is 29.8 Å². The first-order valence-corrected chi connectivity index (χ1v) is 9.04. The van der Waals surface area contributed by atoms with Crippen LogP contribution in [0, 0.1) is 12.8 Å². The van der Waals surface area contributed by atoms with Gasteiger partial charge in [0.1, 0.15) is 12.2 Å². The molecule has 2 aromatic rings. The molecule has 1 saturated heterocycles. The highest BCUT2D eigenvalue weighted by atomic mass is 16.2. The van der Waals surface area contributed by atoms with Gasteiger partial charge >= 0.3 is 0 Å². The quantitative estimate of drug-likeness (QED) is 0.812. The van der Waals surface area contributed by atoms with Crippen molar-refractivity contribution in [3.05, 3.63) is 47.5 Å². The predicted molar refractivity (Wildman–Crippen MR) is 97.1 cm³/mol. The van der Waals surface area contributed by atoms with E-state index in [4.69, 9.17) is 0 Å². The van der Waals surface area contributed by atoms with E-state index < -0.39 is 0 Å². The van der Waals surface area contributed by atoms with E-state index in [0.717, 1.165) is 17.9 Å². The van der Waals surface area contributed by atoms with Gasteiger partial charge in [-0.15, -0.1) is 10.2 Å². The summed E-state index contributed by atoms with van der Waals surface area (Å²) in [5.41, 5.74) is 2.28. The lowest BCUT2D eigenvalue weighted by Crippen LogP contribution is -2.34. The monoisotopic (exact) mass is 355 g/mol. The molecule has 1 aromatic heterocycles. The molecule has 0 saturated carbocycles. The van der Waals surface area contributed by atoms with Crippen molar-refractivity contribution in [3.8, 4) is 0 Å². The molecule has 3 rings (SSSR count). The Kier molecular flexibility index (Phi) is 5.65. The molecular weight excluding hydrogens is 330 g/mol. The lowest BCUT2D eigenvalue weighted by Gasteiger charge is -2.17. The van der Waals surface area contributed by atoms with E-state index >= 15 is 0 Å². The Morgan fingerprint density at radius 2 is 2.08 bits per heavy atom. The summed E-state index contributed by atoms with van der Waals surface area (Å²) in [5.74, 6) is 0.553. The molecule has 0 spiro atoms. The first-order chi connectivity index (χ1) is 12.6. The largest absolute Gasteiger partial charge is 0.355 e. The number of benzene rings is 1. The summed E-state index contributed by atoms with van der Waals surface area (Å²) in [6.45, 7) is 6.40. The first kappa shape index (κ1) is 18.1. The lowest BCUT2D eigenvalue weighted by atomic mass is 10.1. The first-order valence-electron chi connectivity index (χ1n) is 9.04. The third-order valence-electron chi connectivity index (χ3n) is 4.76. The molecule has 138 valence electrons. The van der Waals surface area contributed by atoms with Crippen molar-refractivity contribution < 1.29 is 9.59 Å². The van der Waals surface area contributed by atoms with Crippen LogP contribution in [0.4, 0.5) is 0 Å². The smallest absolute Gasteiger partial charge is 0.225 e. The molecule has 1 N–H and O–H groups in total. The van der Waals surface area contributed by atoms with Crippen molar-refractivity contribution in [1.29, 1.82) is 0 Å². The minimum absolute atomic E-state index is 0.0384. The number of likely N-dealkylation sites (tertiary alicyclic amines) is 1. The predicted octanol–water partition coefficient (Wildman–Crippen LogP) is 1.31. The molecule has 1 aromatic carbocycles. The number of nitrogens with zero attached hydrogens (tertiary/aromatic N) is 4. The van der Waals surface area contributed by atoms with Crippen LogP contribution in [-0.2, 0) is 29.1 Å². The van der Waals surface area contributed by atoms with Crippen LogP contribution in [0.5, 0.6) is 0 Å². The van der Waals surface area contributed by atoms with Gasteiger partial charge in [-0.05, 0) is 19.4 Å². The maximum atomic E-state index is 12.4. The van der Waals surface area contributed by atoms with Crippen molar-refractivity contribution >= 4 is 11.8 Å². The number of aromatic nitrogens is 3. The van der Waals surface area contributed by atoms with Gasteiger partial charge in [0, 0.05) is 39.0 Å². The van der Waals surface area contributed by atoms with Gasteiger partial charge in [-0.25, -0.2) is 0 Å². The van der Waals surface area contributed by atoms with E-state index in [1.54, 1.807) is 11.2 Å². The maximum Gasteiger partial charge on any atom is 0.225 e. The standard InChI is InChI=1S/C19H25N5O2/c1-3-23-13-21-22-17(23)8-9-20-19(26)16-10-18(25)24(12-16)11-15-6-4-14(2)5-7-15/h4-7,13,16H,3,8-12H2,1-2H3,(H,20,26)/t16-/m0/s1. The number of amides is 2. The summed E-state index contributed by atoms with van der Waals surface area (Å²) in [6, 6.07) is 8.13. The second-order valence-electron chi connectivity index (χ2n) is 6.74. The van der Waals surface area contributed by atoms with Gasteiger partial charge in [0.15, 0.2) is 0 Å². The van der Waals surface area contributed by atoms with E-state index in [2.05, 4.69) is 15.5 Å². The van der Waals surface area contributed by atoms with Gasteiger partial charge < -0.3 is 14.8 Å². The highest BCUT2D eigenvalue weighted by Crippen LogP contribution is 2.20. The molecule has 0 radical (unpaired) electrons. The molecule has 26 heavy (non-hydrogen) atoms. The molecule has 7 nitrogen and oxygen atoms in total. The van der Waals surface area contributed by atoms with E-state index in [1.807, 2.05) is 42.7 Å². The Morgan fingerprint density at radius 1 is 1.31 bits per heavy atom. The van der Waals surface area contributed by atoms with Crippen LogP contribution in [0.1, 0.15) is 30.3 Å². The molecule has 2 amide bonds. The zero-order valence-corrected chi connectivity index (χ0v) is 15.3. The number of hydrogen-bond acceptors (Lipinski definition) is 4. The summed E-state index contributed by atoms with van der Waals surface area (Å²) in [5, 5.41) is 10.9. The van der Waals surface area contributed by atoms with Crippen LogP contribution in [-0.4, -0.2) is 44.6 Å². The topological polar surface area (TPSA) is 80.1 Å². The fourth-order valence-electron chi connectivity index (χ4n) is 3.19. The number of carbonyl (C=O) groups excluding carboxylic acids is 2. The molecule has 1 fully saturated rings. The van der Waals surface area contributed by atoms with Crippen molar-refractivity contribution in [2.45, 2.75) is 39.8 Å². The van der Waals surface area contributed by atoms with Crippen molar-refractivity contribution in [2.24, 2.45) is 5.92 Å². The van der Waals surface area contributed by atoms with Crippen LogP contribution < -0.4 is 5.32 Å². The van der Waals surface area contributed by atoms with Crippen LogP contribution in [0.3, 0.4) is 0 Å². The van der Waals surface area contributed by atoms with Gasteiger partial charge in [-0.2, -0.15) is 0 Å².